The van der Waals surface area contributed by atoms with Crippen LogP contribution in [0.4, 0.5) is 4.39 Å². The van der Waals surface area contributed by atoms with E-state index in [2.05, 4.69) is 6.92 Å². The summed E-state index contributed by atoms with van der Waals surface area (Å²) >= 11 is 0. The first-order valence-corrected chi connectivity index (χ1v) is 4.70. The maximum atomic E-state index is 12.9. The van der Waals surface area contributed by atoms with E-state index in [-0.39, 0.29) is 11.4 Å². The van der Waals surface area contributed by atoms with Crippen LogP contribution < -0.4 is 5.73 Å². The van der Waals surface area contributed by atoms with E-state index < -0.39 is 0 Å². The zero-order valence-electron chi connectivity index (χ0n) is 7.76. The van der Waals surface area contributed by atoms with Gasteiger partial charge in [-0.25, -0.2) is 4.39 Å². The molecule has 0 bridgehead atoms. The van der Waals surface area contributed by atoms with E-state index in [1.165, 1.54) is 6.07 Å². The van der Waals surface area contributed by atoms with Crippen LogP contribution in [0.1, 0.15) is 31.2 Å². The van der Waals surface area contributed by atoms with Gasteiger partial charge in [0.05, 0.1) is 0 Å². The third-order valence-electron chi connectivity index (χ3n) is 3.03. The summed E-state index contributed by atoms with van der Waals surface area (Å²) in [5.74, 6) is 0.205. The van der Waals surface area contributed by atoms with Crippen molar-refractivity contribution in [2.45, 2.75) is 31.2 Å². The Hall–Kier alpha value is -0.890. The molecule has 1 nitrogen and oxygen atoms in total. The van der Waals surface area contributed by atoms with E-state index in [1.54, 1.807) is 12.1 Å². The Balaban J connectivity index is 2.20. The van der Waals surface area contributed by atoms with Crippen LogP contribution >= 0.6 is 0 Å². The first-order valence-electron chi connectivity index (χ1n) is 4.70. The molecule has 0 aromatic heterocycles. The normalized spacial score (nSPS) is 31.8. The molecule has 0 amide bonds. The number of halogens is 1. The molecule has 2 rings (SSSR count). The molecule has 0 heterocycles. The number of rotatable bonds is 2. The fourth-order valence-electron chi connectivity index (χ4n) is 1.88. The monoisotopic (exact) mass is 179 g/mol. The fraction of sp³-hybridized carbons (Fsp3) is 0.455. The van der Waals surface area contributed by atoms with Crippen molar-refractivity contribution in [1.82, 2.24) is 0 Å². The standard InChI is InChI=1S/C11H14FN/c1-2-11(13)7-10(11)8-4-3-5-9(12)6-8/h3-6,10H,2,7,13H2,1H3/t10-,11+/m0/s1. The fourth-order valence-corrected chi connectivity index (χ4v) is 1.88. The van der Waals surface area contributed by atoms with Crippen LogP contribution in [0, 0.1) is 5.82 Å². The Morgan fingerprint density at radius 2 is 2.38 bits per heavy atom. The third kappa shape index (κ3) is 1.46. The van der Waals surface area contributed by atoms with Crippen molar-refractivity contribution in [3.05, 3.63) is 35.6 Å². The molecule has 13 heavy (non-hydrogen) atoms. The molecule has 1 saturated carbocycles. The largest absolute Gasteiger partial charge is 0.325 e. The van der Waals surface area contributed by atoms with Gasteiger partial charge in [-0.15, -0.1) is 0 Å². The number of hydrogen-bond acceptors (Lipinski definition) is 1. The van der Waals surface area contributed by atoms with Gasteiger partial charge in [0, 0.05) is 11.5 Å². The van der Waals surface area contributed by atoms with Crippen LogP contribution in [0.25, 0.3) is 0 Å². The van der Waals surface area contributed by atoms with Crippen LogP contribution in [0.2, 0.25) is 0 Å². The van der Waals surface area contributed by atoms with Crippen LogP contribution in [-0.4, -0.2) is 5.54 Å². The van der Waals surface area contributed by atoms with Gasteiger partial charge in [0.25, 0.3) is 0 Å². The minimum absolute atomic E-state index is 0.0617. The van der Waals surface area contributed by atoms with E-state index in [0.29, 0.717) is 5.92 Å². The molecule has 1 aromatic carbocycles. The average Bonchev–Trinajstić information content (AvgIpc) is 2.79. The SMILES string of the molecule is CC[C@@]1(N)C[C@H]1c1cccc(F)c1. The van der Waals surface area contributed by atoms with Crippen molar-refractivity contribution >= 4 is 0 Å². The van der Waals surface area contributed by atoms with Crippen molar-refractivity contribution in [3.63, 3.8) is 0 Å². The molecule has 0 spiro atoms. The van der Waals surface area contributed by atoms with E-state index in [9.17, 15) is 4.39 Å². The lowest BCUT2D eigenvalue weighted by Crippen LogP contribution is -2.22. The van der Waals surface area contributed by atoms with Gasteiger partial charge in [-0.05, 0) is 30.5 Å². The van der Waals surface area contributed by atoms with Crippen LogP contribution in [-0.2, 0) is 0 Å². The van der Waals surface area contributed by atoms with E-state index in [0.717, 1.165) is 18.4 Å². The Morgan fingerprint density at radius 1 is 1.62 bits per heavy atom. The minimum Gasteiger partial charge on any atom is -0.325 e. The van der Waals surface area contributed by atoms with Crippen LogP contribution in [0.15, 0.2) is 24.3 Å². The highest BCUT2D eigenvalue weighted by atomic mass is 19.1. The summed E-state index contributed by atoms with van der Waals surface area (Å²) in [6, 6.07) is 6.77. The molecule has 1 aliphatic carbocycles. The first-order chi connectivity index (χ1) is 6.15. The quantitative estimate of drug-likeness (QED) is 0.741. The zero-order chi connectivity index (χ0) is 9.47. The molecule has 2 heteroatoms. The van der Waals surface area contributed by atoms with Crippen LogP contribution in [0.5, 0.6) is 0 Å². The molecule has 0 saturated heterocycles. The third-order valence-corrected chi connectivity index (χ3v) is 3.03. The molecule has 0 aliphatic heterocycles. The Bertz CT molecular complexity index is 324. The second-order valence-corrected chi connectivity index (χ2v) is 3.90. The van der Waals surface area contributed by atoms with E-state index in [1.807, 2.05) is 6.07 Å². The van der Waals surface area contributed by atoms with Gasteiger partial charge in [0.1, 0.15) is 5.82 Å². The van der Waals surface area contributed by atoms with Crippen molar-refractivity contribution in [1.29, 1.82) is 0 Å². The smallest absolute Gasteiger partial charge is 0.123 e. The summed E-state index contributed by atoms with van der Waals surface area (Å²) in [5, 5.41) is 0. The van der Waals surface area contributed by atoms with Crippen LogP contribution in [0.3, 0.4) is 0 Å². The molecule has 1 aliphatic rings. The molecule has 1 aromatic rings. The Kier molecular flexibility index (Phi) is 1.88. The highest BCUT2D eigenvalue weighted by Crippen LogP contribution is 2.51. The number of hydrogen-bond donors (Lipinski definition) is 1. The second-order valence-electron chi connectivity index (χ2n) is 3.90. The van der Waals surface area contributed by atoms with Gasteiger partial charge in [0.2, 0.25) is 0 Å². The number of benzene rings is 1. The summed E-state index contributed by atoms with van der Waals surface area (Å²) in [6.07, 6.45) is 1.96. The lowest BCUT2D eigenvalue weighted by molar-refractivity contribution is 0.612. The van der Waals surface area contributed by atoms with Gasteiger partial charge in [0.15, 0.2) is 0 Å². The van der Waals surface area contributed by atoms with Crippen molar-refractivity contribution in [2.75, 3.05) is 0 Å². The zero-order valence-corrected chi connectivity index (χ0v) is 7.76. The minimum atomic E-state index is -0.164. The van der Waals surface area contributed by atoms with Gasteiger partial charge in [-0.1, -0.05) is 19.1 Å². The predicted molar refractivity (Wildman–Crippen MR) is 51.0 cm³/mol. The Labute approximate surface area is 77.8 Å². The van der Waals surface area contributed by atoms with E-state index in [4.69, 9.17) is 5.73 Å². The second kappa shape index (κ2) is 2.81. The van der Waals surface area contributed by atoms with Crippen molar-refractivity contribution in [2.24, 2.45) is 5.73 Å². The van der Waals surface area contributed by atoms with Gasteiger partial charge >= 0.3 is 0 Å². The summed E-state index contributed by atoms with van der Waals surface area (Å²) in [6.45, 7) is 2.08. The molecule has 70 valence electrons. The summed E-state index contributed by atoms with van der Waals surface area (Å²) in [4.78, 5) is 0. The average molecular weight is 179 g/mol. The Morgan fingerprint density at radius 3 is 2.92 bits per heavy atom. The summed E-state index contributed by atoms with van der Waals surface area (Å²) in [5.41, 5.74) is 7.03. The molecule has 1 fully saturated rings. The van der Waals surface area contributed by atoms with Gasteiger partial charge in [-0.3, -0.25) is 0 Å². The van der Waals surface area contributed by atoms with Gasteiger partial charge < -0.3 is 5.73 Å². The molecular weight excluding hydrogens is 165 g/mol. The molecular formula is C11H14FN. The summed E-state index contributed by atoms with van der Waals surface area (Å²) in [7, 11) is 0. The van der Waals surface area contributed by atoms with E-state index >= 15 is 0 Å². The molecule has 0 radical (unpaired) electrons. The summed E-state index contributed by atoms with van der Waals surface area (Å²) < 4.78 is 12.9. The maximum absolute atomic E-state index is 12.9. The van der Waals surface area contributed by atoms with Crippen molar-refractivity contribution < 1.29 is 4.39 Å². The topological polar surface area (TPSA) is 26.0 Å². The highest BCUT2D eigenvalue weighted by Gasteiger charge is 2.49. The first kappa shape index (κ1) is 8.70. The predicted octanol–water partition coefficient (Wildman–Crippen LogP) is 2.42. The molecule has 2 atom stereocenters. The molecule has 0 unspecified atom stereocenters. The lowest BCUT2D eigenvalue weighted by atomic mass is 10.1. The van der Waals surface area contributed by atoms with Crippen molar-refractivity contribution in [3.8, 4) is 0 Å². The highest BCUT2D eigenvalue weighted by molar-refractivity contribution is 5.32. The number of nitrogens with two attached hydrogens (primary N) is 1. The molecule has 2 N–H and O–H groups in total. The maximum Gasteiger partial charge on any atom is 0.123 e. The van der Waals surface area contributed by atoms with Gasteiger partial charge in [-0.2, -0.15) is 0 Å². The lowest BCUT2D eigenvalue weighted by Gasteiger charge is -2.07.